The van der Waals surface area contributed by atoms with Crippen LogP contribution < -0.4 is 0 Å². The first-order valence-corrected chi connectivity index (χ1v) is 9.89. The molecule has 2 rings (SSSR count). The number of ether oxygens (including phenoxy) is 1. The molecule has 0 bridgehead atoms. The van der Waals surface area contributed by atoms with Crippen LogP contribution in [0.3, 0.4) is 0 Å². The van der Waals surface area contributed by atoms with Gasteiger partial charge in [-0.25, -0.2) is 4.79 Å². The standard InChI is InChI=1S/C22H25NO4S/c1-14-10-16(3)18(11-15(14)2)19(24)12-27-22(26)17-8-6-7-9-20(17)28-13-21(25)23(4)5/h6-11H,12-13H2,1-5H3. The lowest BCUT2D eigenvalue weighted by molar-refractivity contribution is -0.125. The van der Waals surface area contributed by atoms with Gasteiger partial charge in [0.05, 0.1) is 11.3 Å². The quantitative estimate of drug-likeness (QED) is 0.402. The minimum atomic E-state index is -0.574. The number of carbonyl (C=O) groups is 3. The van der Waals surface area contributed by atoms with Crippen molar-refractivity contribution in [3.8, 4) is 0 Å². The number of hydrogen-bond donors (Lipinski definition) is 0. The third-order valence-electron chi connectivity index (χ3n) is 4.43. The lowest BCUT2D eigenvalue weighted by Gasteiger charge is -2.12. The first kappa shape index (κ1) is 21.7. The van der Waals surface area contributed by atoms with Crippen LogP contribution in [0.4, 0.5) is 0 Å². The SMILES string of the molecule is Cc1cc(C)c(C(=O)COC(=O)c2ccccc2SCC(=O)N(C)C)cc1C. The van der Waals surface area contributed by atoms with Gasteiger partial charge in [-0.2, -0.15) is 0 Å². The van der Waals surface area contributed by atoms with Gasteiger partial charge in [-0.05, 0) is 55.7 Å². The molecular formula is C22H25NO4S. The molecule has 0 radical (unpaired) electrons. The van der Waals surface area contributed by atoms with Crippen LogP contribution in [-0.2, 0) is 9.53 Å². The fraction of sp³-hybridized carbons (Fsp3) is 0.318. The molecule has 5 nitrogen and oxygen atoms in total. The van der Waals surface area contributed by atoms with Crippen molar-refractivity contribution >= 4 is 29.4 Å². The number of hydrogen-bond acceptors (Lipinski definition) is 5. The fourth-order valence-corrected chi connectivity index (χ4v) is 3.60. The average molecular weight is 400 g/mol. The fourth-order valence-electron chi connectivity index (χ4n) is 2.58. The van der Waals surface area contributed by atoms with Crippen molar-refractivity contribution in [1.29, 1.82) is 0 Å². The Kier molecular flexibility index (Phi) is 7.40. The van der Waals surface area contributed by atoms with Crippen LogP contribution >= 0.6 is 11.8 Å². The second-order valence-corrected chi connectivity index (χ2v) is 7.84. The molecule has 0 aliphatic heterocycles. The Hall–Kier alpha value is -2.60. The molecule has 2 aromatic rings. The molecule has 0 fully saturated rings. The summed E-state index contributed by atoms with van der Waals surface area (Å²) in [5.41, 5.74) is 3.91. The number of esters is 1. The first-order valence-electron chi connectivity index (χ1n) is 8.91. The van der Waals surface area contributed by atoms with E-state index in [1.807, 2.05) is 32.9 Å². The Balaban J connectivity index is 2.06. The van der Waals surface area contributed by atoms with Gasteiger partial charge in [0.1, 0.15) is 0 Å². The molecule has 0 aliphatic rings. The molecule has 0 spiro atoms. The number of benzene rings is 2. The number of amides is 1. The molecule has 0 unspecified atom stereocenters. The normalized spacial score (nSPS) is 10.5. The van der Waals surface area contributed by atoms with Crippen molar-refractivity contribution in [2.24, 2.45) is 0 Å². The van der Waals surface area contributed by atoms with Crippen LogP contribution in [0.25, 0.3) is 0 Å². The summed E-state index contributed by atoms with van der Waals surface area (Å²) in [6, 6.07) is 10.7. The molecule has 148 valence electrons. The van der Waals surface area contributed by atoms with Gasteiger partial charge < -0.3 is 9.64 Å². The summed E-state index contributed by atoms with van der Waals surface area (Å²) in [4.78, 5) is 39.0. The number of ketones is 1. The number of Topliss-reactive ketones (excluding diaryl/α,β-unsaturated/α-hetero) is 1. The molecule has 0 aliphatic carbocycles. The highest BCUT2D eigenvalue weighted by molar-refractivity contribution is 8.00. The number of carbonyl (C=O) groups excluding carboxylic acids is 3. The summed E-state index contributed by atoms with van der Waals surface area (Å²) < 4.78 is 5.27. The molecular weight excluding hydrogens is 374 g/mol. The van der Waals surface area contributed by atoms with Crippen molar-refractivity contribution in [1.82, 2.24) is 4.90 Å². The van der Waals surface area contributed by atoms with E-state index in [9.17, 15) is 14.4 Å². The Morgan fingerprint density at radius 3 is 2.25 bits per heavy atom. The maximum Gasteiger partial charge on any atom is 0.339 e. The smallest absolute Gasteiger partial charge is 0.339 e. The minimum absolute atomic E-state index is 0.0476. The van der Waals surface area contributed by atoms with E-state index in [1.165, 1.54) is 16.7 Å². The zero-order chi connectivity index (χ0) is 20.8. The van der Waals surface area contributed by atoms with Gasteiger partial charge >= 0.3 is 5.97 Å². The largest absolute Gasteiger partial charge is 0.454 e. The van der Waals surface area contributed by atoms with E-state index in [4.69, 9.17) is 4.74 Å². The molecule has 0 N–H and O–H groups in total. The molecule has 0 heterocycles. The zero-order valence-corrected chi connectivity index (χ0v) is 17.7. The monoisotopic (exact) mass is 399 g/mol. The minimum Gasteiger partial charge on any atom is -0.454 e. The Morgan fingerprint density at radius 2 is 1.57 bits per heavy atom. The Labute approximate surface area is 170 Å². The van der Waals surface area contributed by atoms with E-state index >= 15 is 0 Å². The summed E-state index contributed by atoms with van der Waals surface area (Å²) in [7, 11) is 3.37. The third kappa shape index (κ3) is 5.45. The molecule has 2 aromatic carbocycles. The topological polar surface area (TPSA) is 63.7 Å². The molecule has 0 atom stereocenters. The molecule has 1 amide bonds. The maximum absolute atomic E-state index is 12.5. The Bertz CT molecular complexity index is 905. The van der Waals surface area contributed by atoms with Crippen LogP contribution in [0.5, 0.6) is 0 Å². The van der Waals surface area contributed by atoms with Crippen LogP contribution in [0, 0.1) is 20.8 Å². The number of nitrogens with zero attached hydrogens (tertiary/aromatic N) is 1. The van der Waals surface area contributed by atoms with E-state index in [2.05, 4.69) is 0 Å². The van der Waals surface area contributed by atoms with Gasteiger partial charge in [0.2, 0.25) is 11.7 Å². The van der Waals surface area contributed by atoms with Crippen LogP contribution in [0.2, 0.25) is 0 Å². The summed E-state index contributed by atoms with van der Waals surface area (Å²) in [6.07, 6.45) is 0. The van der Waals surface area contributed by atoms with Crippen molar-refractivity contribution in [3.05, 3.63) is 64.2 Å². The number of aryl methyl sites for hydroxylation is 3. The van der Waals surface area contributed by atoms with Gasteiger partial charge in [0.25, 0.3) is 0 Å². The van der Waals surface area contributed by atoms with E-state index in [1.54, 1.807) is 38.4 Å². The van der Waals surface area contributed by atoms with Gasteiger partial charge in [0, 0.05) is 24.6 Å². The van der Waals surface area contributed by atoms with Crippen LogP contribution in [0.1, 0.15) is 37.4 Å². The molecule has 0 saturated heterocycles. The lowest BCUT2D eigenvalue weighted by Crippen LogP contribution is -2.23. The van der Waals surface area contributed by atoms with E-state index < -0.39 is 5.97 Å². The summed E-state index contributed by atoms with van der Waals surface area (Å²) in [6.45, 7) is 5.49. The first-order chi connectivity index (χ1) is 13.2. The number of rotatable bonds is 7. The van der Waals surface area contributed by atoms with Gasteiger partial charge in [0.15, 0.2) is 6.61 Å². The lowest BCUT2D eigenvalue weighted by atomic mass is 9.98. The Morgan fingerprint density at radius 1 is 0.929 bits per heavy atom. The molecule has 6 heteroatoms. The highest BCUT2D eigenvalue weighted by Gasteiger charge is 2.17. The van der Waals surface area contributed by atoms with Gasteiger partial charge in [-0.3, -0.25) is 9.59 Å². The molecule has 0 saturated carbocycles. The van der Waals surface area contributed by atoms with Crippen molar-refractivity contribution in [2.75, 3.05) is 26.5 Å². The zero-order valence-electron chi connectivity index (χ0n) is 16.9. The molecule has 0 aromatic heterocycles. The van der Waals surface area contributed by atoms with Crippen molar-refractivity contribution < 1.29 is 19.1 Å². The van der Waals surface area contributed by atoms with Crippen LogP contribution in [0.15, 0.2) is 41.3 Å². The summed E-state index contributed by atoms with van der Waals surface area (Å²) in [5, 5.41) is 0. The summed E-state index contributed by atoms with van der Waals surface area (Å²) >= 11 is 1.27. The van der Waals surface area contributed by atoms with Gasteiger partial charge in [-0.15, -0.1) is 11.8 Å². The highest BCUT2D eigenvalue weighted by Crippen LogP contribution is 2.24. The van der Waals surface area contributed by atoms with E-state index in [0.717, 1.165) is 16.7 Å². The average Bonchev–Trinajstić information content (AvgIpc) is 2.66. The third-order valence-corrected chi connectivity index (χ3v) is 5.49. The van der Waals surface area contributed by atoms with Gasteiger partial charge in [-0.1, -0.05) is 18.2 Å². The number of thioether (sulfide) groups is 1. The van der Waals surface area contributed by atoms with Crippen molar-refractivity contribution in [3.63, 3.8) is 0 Å². The van der Waals surface area contributed by atoms with Crippen molar-refractivity contribution in [2.45, 2.75) is 25.7 Å². The van der Waals surface area contributed by atoms with Crippen LogP contribution in [-0.4, -0.2) is 49.0 Å². The highest BCUT2D eigenvalue weighted by atomic mass is 32.2. The van der Waals surface area contributed by atoms with E-state index in [0.29, 0.717) is 16.0 Å². The predicted molar refractivity (Wildman–Crippen MR) is 111 cm³/mol. The predicted octanol–water partition coefficient (Wildman–Crippen LogP) is 3.83. The second-order valence-electron chi connectivity index (χ2n) is 6.82. The molecule has 28 heavy (non-hydrogen) atoms. The second kappa shape index (κ2) is 9.55. The summed E-state index contributed by atoms with van der Waals surface area (Å²) in [5.74, 6) is -0.636. The van der Waals surface area contributed by atoms with E-state index in [-0.39, 0.29) is 24.1 Å². The maximum atomic E-state index is 12.5.